The summed E-state index contributed by atoms with van der Waals surface area (Å²) in [4.78, 5) is 25.9. The number of aryl methyl sites for hydroxylation is 1. The maximum Gasteiger partial charge on any atom is 0.247 e. The highest BCUT2D eigenvalue weighted by molar-refractivity contribution is 6.10. The molecule has 0 radical (unpaired) electrons. The zero-order valence-corrected chi connectivity index (χ0v) is 12.0. The number of amides is 1. The van der Waals surface area contributed by atoms with E-state index < -0.39 is 11.7 Å². The third-order valence-corrected chi connectivity index (χ3v) is 3.50. The zero-order chi connectivity index (χ0) is 15.2. The third-order valence-electron chi connectivity index (χ3n) is 3.50. The summed E-state index contributed by atoms with van der Waals surface area (Å²) in [5.74, 6) is -0.869. The van der Waals surface area contributed by atoms with Crippen molar-refractivity contribution in [2.24, 2.45) is 5.92 Å². The number of allylic oxidation sites excluding steroid dienone is 1. The van der Waals surface area contributed by atoms with E-state index >= 15 is 0 Å². The van der Waals surface area contributed by atoms with Crippen LogP contribution in [0.15, 0.2) is 22.6 Å². The van der Waals surface area contributed by atoms with Crippen LogP contribution in [0.25, 0.3) is 6.08 Å². The lowest BCUT2D eigenvalue weighted by atomic mass is 10.0. The standard InChI is InChI=1S/C16H18N2O3/c1-12-5-6-13(21-12)7-8-15(19)14(11-17)16(20)18-9-3-2-4-10-18/h5-8,14H,2-4,9-10H2,1H3/b8-7+/t14-/m1/s1. The predicted octanol–water partition coefficient (Wildman–Crippen LogP) is 2.32. The van der Waals surface area contributed by atoms with Crippen LogP contribution < -0.4 is 0 Å². The van der Waals surface area contributed by atoms with Gasteiger partial charge in [-0.3, -0.25) is 9.59 Å². The Morgan fingerprint density at radius 3 is 2.62 bits per heavy atom. The first-order chi connectivity index (χ1) is 10.1. The van der Waals surface area contributed by atoms with E-state index in [0.717, 1.165) is 25.0 Å². The van der Waals surface area contributed by atoms with E-state index in [1.54, 1.807) is 24.0 Å². The Morgan fingerprint density at radius 2 is 2.05 bits per heavy atom. The second-order valence-electron chi connectivity index (χ2n) is 5.13. The molecule has 2 heterocycles. The number of ketones is 1. The quantitative estimate of drug-likeness (QED) is 0.629. The molecule has 1 aromatic rings. The van der Waals surface area contributed by atoms with E-state index in [0.29, 0.717) is 18.8 Å². The first kappa shape index (κ1) is 15.0. The molecule has 1 aromatic heterocycles. The van der Waals surface area contributed by atoms with Crippen molar-refractivity contribution in [3.8, 4) is 6.07 Å². The Bertz CT molecular complexity index is 589. The van der Waals surface area contributed by atoms with Crippen LogP contribution in [-0.2, 0) is 9.59 Å². The number of nitrogens with zero attached hydrogens (tertiary/aromatic N) is 2. The highest BCUT2D eigenvalue weighted by Gasteiger charge is 2.29. The molecule has 0 unspecified atom stereocenters. The van der Waals surface area contributed by atoms with E-state index in [1.807, 2.05) is 6.07 Å². The highest BCUT2D eigenvalue weighted by atomic mass is 16.3. The molecule has 1 aliphatic rings. The van der Waals surface area contributed by atoms with Crippen molar-refractivity contribution in [3.63, 3.8) is 0 Å². The molecule has 0 saturated carbocycles. The van der Waals surface area contributed by atoms with Gasteiger partial charge in [0.15, 0.2) is 11.7 Å². The largest absolute Gasteiger partial charge is 0.462 e. The average molecular weight is 286 g/mol. The van der Waals surface area contributed by atoms with Gasteiger partial charge in [-0.25, -0.2) is 0 Å². The van der Waals surface area contributed by atoms with Gasteiger partial charge < -0.3 is 9.32 Å². The van der Waals surface area contributed by atoms with Gasteiger partial charge in [-0.1, -0.05) is 0 Å². The lowest BCUT2D eigenvalue weighted by Crippen LogP contribution is -2.41. The monoisotopic (exact) mass is 286 g/mol. The van der Waals surface area contributed by atoms with Gasteiger partial charge in [0.1, 0.15) is 11.5 Å². The van der Waals surface area contributed by atoms with Gasteiger partial charge >= 0.3 is 0 Å². The lowest BCUT2D eigenvalue weighted by Gasteiger charge is -2.27. The molecule has 1 amide bonds. The number of piperidine rings is 1. The molecule has 0 aromatic carbocycles. The number of nitriles is 1. The molecule has 1 fully saturated rings. The second kappa shape index (κ2) is 6.89. The fraction of sp³-hybridized carbons (Fsp3) is 0.438. The van der Waals surface area contributed by atoms with E-state index in [-0.39, 0.29) is 5.91 Å². The molecule has 0 aliphatic carbocycles. The van der Waals surface area contributed by atoms with Crippen LogP contribution in [0.4, 0.5) is 0 Å². The number of hydrogen-bond donors (Lipinski definition) is 0. The first-order valence-corrected chi connectivity index (χ1v) is 7.08. The Kier molecular flexibility index (Phi) is 4.94. The highest BCUT2D eigenvalue weighted by Crippen LogP contribution is 2.14. The fourth-order valence-corrected chi connectivity index (χ4v) is 2.34. The molecule has 110 valence electrons. The molecule has 0 bridgehead atoms. The molecule has 2 rings (SSSR count). The minimum absolute atomic E-state index is 0.387. The van der Waals surface area contributed by atoms with Crippen LogP contribution >= 0.6 is 0 Å². The second-order valence-corrected chi connectivity index (χ2v) is 5.13. The van der Waals surface area contributed by atoms with Crippen molar-refractivity contribution in [2.45, 2.75) is 26.2 Å². The van der Waals surface area contributed by atoms with Gasteiger partial charge in [0, 0.05) is 13.1 Å². The van der Waals surface area contributed by atoms with Gasteiger partial charge in [-0.15, -0.1) is 0 Å². The molecule has 21 heavy (non-hydrogen) atoms. The lowest BCUT2D eigenvalue weighted by molar-refractivity contribution is -0.138. The van der Waals surface area contributed by atoms with Crippen LogP contribution in [0.3, 0.4) is 0 Å². The SMILES string of the molecule is Cc1ccc(/C=C/C(=O)[C@@H](C#N)C(=O)N2CCCCC2)o1. The van der Waals surface area contributed by atoms with Gasteiger partial charge in [-0.2, -0.15) is 5.26 Å². The van der Waals surface area contributed by atoms with Crippen LogP contribution in [0, 0.1) is 24.2 Å². The minimum atomic E-state index is -1.25. The minimum Gasteiger partial charge on any atom is -0.462 e. The summed E-state index contributed by atoms with van der Waals surface area (Å²) in [5.41, 5.74) is 0. The van der Waals surface area contributed by atoms with E-state index in [2.05, 4.69) is 0 Å². The van der Waals surface area contributed by atoms with Crippen LogP contribution in [0.5, 0.6) is 0 Å². The van der Waals surface area contributed by atoms with Crippen molar-refractivity contribution in [3.05, 3.63) is 29.7 Å². The maximum absolute atomic E-state index is 12.2. The fourth-order valence-electron chi connectivity index (χ4n) is 2.34. The molecule has 1 saturated heterocycles. The van der Waals surface area contributed by atoms with E-state index in [4.69, 9.17) is 9.68 Å². The molecule has 5 heteroatoms. The van der Waals surface area contributed by atoms with Crippen molar-refractivity contribution in [2.75, 3.05) is 13.1 Å². The summed E-state index contributed by atoms with van der Waals surface area (Å²) in [5, 5.41) is 9.12. The summed E-state index contributed by atoms with van der Waals surface area (Å²) >= 11 is 0. The maximum atomic E-state index is 12.2. The molecule has 5 nitrogen and oxygen atoms in total. The summed E-state index contributed by atoms with van der Waals surface area (Å²) in [6.45, 7) is 3.06. The Morgan fingerprint density at radius 1 is 1.33 bits per heavy atom. The number of hydrogen-bond acceptors (Lipinski definition) is 4. The summed E-state index contributed by atoms with van der Waals surface area (Å²) < 4.78 is 5.31. The summed E-state index contributed by atoms with van der Waals surface area (Å²) in [7, 11) is 0. The van der Waals surface area contributed by atoms with Crippen LogP contribution in [-0.4, -0.2) is 29.7 Å². The normalized spacial score (nSPS) is 16.7. The van der Waals surface area contributed by atoms with Gasteiger partial charge in [0.25, 0.3) is 0 Å². The Balaban J connectivity index is 2.02. The predicted molar refractivity (Wildman–Crippen MR) is 77.0 cm³/mol. The number of rotatable bonds is 4. The number of carbonyl (C=O) groups is 2. The Hall–Kier alpha value is -2.35. The smallest absolute Gasteiger partial charge is 0.247 e. The number of likely N-dealkylation sites (tertiary alicyclic amines) is 1. The van der Waals surface area contributed by atoms with Gasteiger partial charge in [0.2, 0.25) is 5.91 Å². The molecule has 1 aliphatic heterocycles. The topological polar surface area (TPSA) is 74.3 Å². The van der Waals surface area contributed by atoms with Crippen molar-refractivity contribution in [1.29, 1.82) is 5.26 Å². The van der Waals surface area contributed by atoms with Crippen molar-refractivity contribution >= 4 is 17.8 Å². The first-order valence-electron chi connectivity index (χ1n) is 7.08. The Labute approximate surface area is 123 Å². The molecular weight excluding hydrogens is 268 g/mol. The van der Waals surface area contributed by atoms with Gasteiger partial charge in [0.05, 0.1) is 6.07 Å². The molecule has 0 spiro atoms. The third kappa shape index (κ3) is 3.82. The number of furan rings is 1. The van der Waals surface area contributed by atoms with Crippen LogP contribution in [0.2, 0.25) is 0 Å². The zero-order valence-electron chi connectivity index (χ0n) is 12.0. The molecule has 0 N–H and O–H groups in total. The summed E-state index contributed by atoms with van der Waals surface area (Å²) in [6, 6.07) is 5.33. The average Bonchev–Trinajstić information content (AvgIpc) is 2.92. The summed E-state index contributed by atoms with van der Waals surface area (Å²) in [6.07, 6.45) is 5.68. The molecule has 1 atom stereocenters. The van der Waals surface area contributed by atoms with E-state index in [9.17, 15) is 9.59 Å². The molecular formula is C16H18N2O3. The van der Waals surface area contributed by atoms with Crippen LogP contribution in [0.1, 0.15) is 30.8 Å². The van der Waals surface area contributed by atoms with Crippen molar-refractivity contribution in [1.82, 2.24) is 4.90 Å². The number of carbonyl (C=O) groups excluding carboxylic acids is 2. The van der Waals surface area contributed by atoms with E-state index in [1.165, 1.54) is 12.2 Å². The van der Waals surface area contributed by atoms with Crippen molar-refractivity contribution < 1.29 is 14.0 Å². The van der Waals surface area contributed by atoms with Gasteiger partial charge in [-0.05, 0) is 50.5 Å².